The zero-order chi connectivity index (χ0) is 18.1. The Hall–Kier alpha value is -2.90. The van der Waals surface area contributed by atoms with E-state index in [1.165, 1.54) is 0 Å². The Kier molecular flexibility index (Phi) is 6.94. The molecule has 1 aromatic heterocycles. The van der Waals surface area contributed by atoms with Gasteiger partial charge < -0.3 is 19.7 Å². The first-order valence-corrected chi connectivity index (χ1v) is 8.06. The van der Waals surface area contributed by atoms with Crippen LogP contribution in [0.3, 0.4) is 0 Å². The predicted octanol–water partition coefficient (Wildman–Crippen LogP) is 2.58. The quantitative estimate of drug-likeness (QED) is 0.635. The number of benzene rings is 1. The Morgan fingerprint density at radius 3 is 2.60 bits per heavy atom. The van der Waals surface area contributed by atoms with Gasteiger partial charge in [0.1, 0.15) is 5.75 Å². The maximum atomic E-state index is 11.9. The molecule has 134 valence electrons. The SMILES string of the molecule is Cc1noc(CCCC(=O)Nc2ccc(OCCCC(=O)O)cc2)n1. The van der Waals surface area contributed by atoms with Crippen molar-refractivity contribution in [1.82, 2.24) is 10.1 Å². The second-order valence-electron chi connectivity index (χ2n) is 5.51. The molecule has 0 aliphatic rings. The van der Waals surface area contributed by atoms with E-state index in [-0.39, 0.29) is 12.3 Å². The van der Waals surface area contributed by atoms with Gasteiger partial charge >= 0.3 is 5.97 Å². The second-order valence-corrected chi connectivity index (χ2v) is 5.51. The standard InChI is InChI=1S/C17H21N3O5/c1-12-18-16(25-20-12)5-2-4-15(21)19-13-7-9-14(10-8-13)24-11-3-6-17(22)23/h7-10H,2-6,11H2,1H3,(H,19,21)(H,22,23). The fourth-order valence-electron chi connectivity index (χ4n) is 2.11. The van der Waals surface area contributed by atoms with Gasteiger partial charge in [0.15, 0.2) is 5.82 Å². The summed E-state index contributed by atoms with van der Waals surface area (Å²) in [5.74, 6) is 0.830. The van der Waals surface area contributed by atoms with E-state index < -0.39 is 5.97 Å². The maximum Gasteiger partial charge on any atom is 0.303 e. The van der Waals surface area contributed by atoms with Crippen LogP contribution in [0.4, 0.5) is 5.69 Å². The number of ether oxygens (including phenoxy) is 1. The zero-order valence-corrected chi connectivity index (χ0v) is 14.0. The van der Waals surface area contributed by atoms with Crippen LogP contribution < -0.4 is 10.1 Å². The highest BCUT2D eigenvalue weighted by atomic mass is 16.5. The van der Waals surface area contributed by atoms with E-state index in [1.807, 2.05) is 0 Å². The van der Waals surface area contributed by atoms with Gasteiger partial charge in [0.25, 0.3) is 0 Å². The first-order valence-electron chi connectivity index (χ1n) is 8.06. The first-order chi connectivity index (χ1) is 12.0. The molecule has 1 heterocycles. The van der Waals surface area contributed by atoms with E-state index in [0.717, 1.165) is 0 Å². The summed E-state index contributed by atoms with van der Waals surface area (Å²) in [6.45, 7) is 2.09. The van der Waals surface area contributed by atoms with E-state index in [1.54, 1.807) is 31.2 Å². The third-order valence-electron chi connectivity index (χ3n) is 3.31. The number of hydrogen-bond donors (Lipinski definition) is 2. The fourth-order valence-corrected chi connectivity index (χ4v) is 2.11. The molecule has 8 nitrogen and oxygen atoms in total. The van der Waals surface area contributed by atoms with Gasteiger partial charge in [-0.25, -0.2) is 0 Å². The zero-order valence-electron chi connectivity index (χ0n) is 14.0. The van der Waals surface area contributed by atoms with Crippen molar-refractivity contribution in [3.05, 3.63) is 36.0 Å². The number of aromatic nitrogens is 2. The van der Waals surface area contributed by atoms with Crippen LogP contribution in [0.5, 0.6) is 5.75 Å². The summed E-state index contributed by atoms with van der Waals surface area (Å²) in [5, 5.41) is 15.1. The lowest BCUT2D eigenvalue weighted by atomic mass is 10.2. The fraction of sp³-hybridized carbons (Fsp3) is 0.412. The summed E-state index contributed by atoms with van der Waals surface area (Å²) in [4.78, 5) is 26.4. The molecule has 0 bridgehead atoms. The van der Waals surface area contributed by atoms with E-state index in [4.69, 9.17) is 14.4 Å². The molecule has 2 aromatic rings. The molecule has 1 aromatic carbocycles. The van der Waals surface area contributed by atoms with Crippen molar-refractivity contribution in [2.75, 3.05) is 11.9 Å². The van der Waals surface area contributed by atoms with Crippen molar-refractivity contribution in [2.45, 2.75) is 39.0 Å². The number of amides is 1. The highest BCUT2D eigenvalue weighted by Crippen LogP contribution is 2.16. The third kappa shape index (κ3) is 7.03. The number of hydrogen-bond acceptors (Lipinski definition) is 6. The molecule has 0 aliphatic heterocycles. The van der Waals surface area contributed by atoms with Gasteiger partial charge in [-0.3, -0.25) is 9.59 Å². The summed E-state index contributed by atoms with van der Waals surface area (Å²) in [5.41, 5.74) is 0.677. The lowest BCUT2D eigenvalue weighted by Gasteiger charge is -2.08. The topological polar surface area (TPSA) is 115 Å². The Balaban J connectivity index is 1.67. The van der Waals surface area contributed by atoms with Crippen LogP contribution in [0.25, 0.3) is 0 Å². The van der Waals surface area contributed by atoms with Gasteiger partial charge in [-0.1, -0.05) is 5.16 Å². The van der Waals surface area contributed by atoms with Crippen molar-refractivity contribution >= 4 is 17.6 Å². The number of carboxylic acid groups (broad SMARTS) is 1. The van der Waals surface area contributed by atoms with Crippen LogP contribution in [0.1, 0.15) is 37.4 Å². The molecule has 0 radical (unpaired) electrons. The van der Waals surface area contributed by atoms with Crippen molar-refractivity contribution in [3.8, 4) is 5.75 Å². The summed E-state index contributed by atoms with van der Waals surface area (Å²) in [7, 11) is 0. The average molecular weight is 347 g/mol. The highest BCUT2D eigenvalue weighted by molar-refractivity contribution is 5.90. The Morgan fingerprint density at radius 2 is 1.96 bits per heavy atom. The van der Waals surface area contributed by atoms with Crippen LogP contribution in [0.2, 0.25) is 0 Å². The maximum absolute atomic E-state index is 11.9. The van der Waals surface area contributed by atoms with Crippen LogP contribution in [-0.2, 0) is 16.0 Å². The molecular weight excluding hydrogens is 326 g/mol. The van der Waals surface area contributed by atoms with Crippen molar-refractivity contribution < 1.29 is 24.0 Å². The molecule has 2 rings (SSSR count). The Labute approximate surface area is 145 Å². The smallest absolute Gasteiger partial charge is 0.303 e. The number of carboxylic acids is 1. The molecule has 0 fully saturated rings. The number of nitrogens with one attached hydrogen (secondary N) is 1. The number of carbonyl (C=O) groups excluding carboxylic acids is 1. The molecular formula is C17H21N3O5. The van der Waals surface area contributed by atoms with Crippen LogP contribution in [0.15, 0.2) is 28.8 Å². The Bertz CT molecular complexity index is 697. The van der Waals surface area contributed by atoms with Crippen LogP contribution >= 0.6 is 0 Å². The van der Waals surface area contributed by atoms with Crippen molar-refractivity contribution in [1.29, 1.82) is 0 Å². The predicted molar refractivity (Wildman–Crippen MR) is 89.4 cm³/mol. The number of aryl methyl sites for hydroxylation is 2. The minimum absolute atomic E-state index is 0.0807. The highest BCUT2D eigenvalue weighted by Gasteiger charge is 2.06. The second kappa shape index (κ2) is 9.41. The van der Waals surface area contributed by atoms with Crippen LogP contribution in [0, 0.1) is 6.92 Å². The number of anilines is 1. The van der Waals surface area contributed by atoms with Crippen LogP contribution in [-0.4, -0.2) is 33.7 Å². The minimum atomic E-state index is -0.837. The lowest BCUT2D eigenvalue weighted by molar-refractivity contribution is -0.137. The van der Waals surface area contributed by atoms with Gasteiger partial charge in [-0.2, -0.15) is 4.98 Å². The normalized spacial score (nSPS) is 10.4. The summed E-state index contributed by atoms with van der Waals surface area (Å²) < 4.78 is 10.4. The average Bonchev–Trinajstić information content (AvgIpc) is 2.98. The van der Waals surface area contributed by atoms with E-state index in [0.29, 0.717) is 55.4 Å². The minimum Gasteiger partial charge on any atom is -0.494 e. The van der Waals surface area contributed by atoms with Gasteiger partial charge in [0.05, 0.1) is 6.61 Å². The first kappa shape index (κ1) is 18.4. The summed E-state index contributed by atoms with van der Waals surface area (Å²) in [6.07, 6.45) is 2.08. The monoisotopic (exact) mass is 347 g/mol. The summed E-state index contributed by atoms with van der Waals surface area (Å²) in [6, 6.07) is 6.95. The largest absolute Gasteiger partial charge is 0.494 e. The number of carbonyl (C=O) groups is 2. The molecule has 0 aliphatic carbocycles. The summed E-state index contributed by atoms with van der Waals surface area (Å²) >= 11 is 0. The molecule has 0 spiro atoms. The van der Waals surface area contributed by atoms with E-state index in [9.17, 15) is 9.59 Å². The molecule has 0 unspecified atom stereocenters. The molecule has 0 saturated carbocycles. The molecule has 2 N–H and O–H groups in total. The van der Waals surface area contributed by atoms with Gasteiger partial charge in [0.2, 0.25) is 11.8 Å². The lowest BCUT2D eigenvalue weighted by Crippen LogP contribution is -2.11. The number of aliphatic carboxylic acids is 1. The van der Waals surface area contributed by atoms with Gasteiger partial charge in [-0.05, 0) is 44.0 Å². The number of nitrogens with zero attached hydrogens (tertiary/aromatic N) is 2. The molecule has 0 atom stereocenters. The van der Waals surface area contributed by atoms with Gasteiger partial charge in [0, 0.05) is 24.9 Å². The Morgan fingerprint density at radius 1 is 1.20 bits per heavy atom. The molecule has 25 heavy (non-hydrogen) atoms. The van der Waals surface area contributed by atoms with E-state index in [2.05, 4.69) is 15.5 Å². The van der Waals surface area contributed by atoms with E-state index >= 15 is 0 Å². The molecule has 0 saturated heterocycles. The molecule has 8 heteroatoms. The number of rotatable bonds is 10. The van der Waals surface area contributed by atoms with Crippen molar-refractivity contribution in [3.63, 3.8) is 0 Å². The van der Waals surface area contributed by atoms with Gasteiger partial charge in [-0.15, -0.1) is 0 Å². The third-order valence-corrected chi connectivity index (χ3v) is 3.31. The van der Waals surface area contributed by atoms with Crippen molar-refractivity contribution in [2.24, 2.45) is 0 Å². The molecule has 1 amide bonds.